The number of aryl methyl sites for hydroxylation is 1. The Balaban J connectivity index is 1.58. The van der Waals surface area contributed by atoms with Crippen LogP contribution in [-0.2, 0) is 4.79 Å². The second-order valence-corrected chi connectivity index (χ2v) is 8.54. The summed E-state index contributed by atoms with van der Waals surface area (Å²) < 4.78 is 1.05. The highest BCUT2D eigenvalue weighted by Gasteiger charge is 2.41. The zero-order valence-corrected chi connectivity index (χ0v) is 17.4. The van der Waals surface area contributed by atoms with E-state index >= 15 is 0 Å². The summed E-state index contributed by atoms with van der Waals surface area (Å²) in [5.74, 6) is 1.94. The van der Waals surface area contributed by atoms with Gasteiger partial charge < -0.3 is 5.32 Å². The van der Waals surface area contributed by atoms with E-state index in [-0.39, 0.29) is 5.91 Å². The molecule has 1 N–H and O–H groups in total. The van der Waals surface area contributed by atoms with Crippen LogP contribution in [-0.4, -0.2) is 46.5 Å². The van der Waals surface area contributed by atoms with E-state index in [0.717, 1.165) is 53.3 Å². The molecule has 2 bridgehead atoms. The van der Waals surface area contributed by atoms with Crippen molar-refractivity contribution in [3.63, 3.8) is 0 Å². The van der Waals surface area contributed by atoms with Gasteiger partial charge in [-0.2, -0.15) is 0 Å². The van der Waals surface area contributed by atoms with Crippen LogP contribution in [0.15, 0.2) is 34.8 Å². The lowest BCUT2D eigenvalue weighted by Crippen LogP contribution is -2.56. The Morgan fingerprint density at radius 1 is 1.33 bits per heavy atom. The average Bonchev–Trinajstić information content (AvgIpc) is 2.66. The van der Waals surface area contributed by atoms with Crippen LogP contribution in [0.25, 0.3) is 11.3 Å². The average molecular weight is 429 g/mol. The van der Waals surface area contributed by atoms with E-state index in [1.165, 1.54) is 6.42 Å². The van der Waals surface area contributed by atoms with Gasteiger partial charge in [-0.1, -0.05) is 34.1 Å². The van der Waals surface area contributed by atoms with E-state index in [1.54, 1.807) is 6.92 Å². The minimum Gasteiger partial charge on any atom is -0.355 e. The number of fused-ring (bicyclic) bond motifs is 3. The maximum atomic E-state index is 11.3. The molecule has 0 radical (unpaired) electrons. The van der Waals surface area contributed by atoms with E-state index in [2.05, 4.69) is 43.3 Å². The molecule has 1 amide bonds. The first-order valence-electron chi connectivity index (χ1n) is 9.60. The Labute approximate surface area is 168 Å². The van der Waals surface area contributed by atoms with Gasteiger partial charge in [0.15, 0.2) is 0 Å². The Morgan fingerprint density at radius 3 is 2.85 bits per heavy atom. The third kappa shape index (κ3) is 3.92. The SMILES string of the molecule is CC(=O)NC[C@H]1C[C@@H]2CCN1C[C@@H]2c1cc(-c2ccccc2Br)nc(C)n1. The molecule has 3 saturated heterocycles. The molecular formula is C21H25BrN4O. The zero-order chi connectivity index (χ0) is 19.0. The van der Waals surface area contributed by atoms with Gasteiger partial charge in [0.25, 0.3) is 0 Å². The van der Waals surface area contributed by atoms with Gasteiger partial charge in [-0.25, -0.2) is 9.97 Å². The van der Waals surface area contributed by atoms with Crippen molar-refractivity contribution in [1.82, 2.24) is 20.2 Å². The van der Waals surface area contributed by atoms with Crippen molar-refractivity contribution in [3.05, 3.63) is 46.3 Å². The number of piperidine rings is 3. The van der Waals surface area contributed by atoms with E-state index in [9.17, 15) is 4.79 Å². The first-order valence-corrected chi connectivity index (χ1v) is 10.4. The molecule has 3 fully saturated rings. The summed E-state index contributed by atoms with van der Waals surface area (Å²) in [6.45, 7) is 6.45. The third-order valence-corrected chi connectivity index (χ3v) is 6.54. The highest BCUT2D eigenvalue weighted by molar-refractivity contribution is 9.10. The number of carbonyl (C=O) groups is 1. The largest absolute Gasteiger partial charge is 0.355 e. The number of carbonyl (C=O) groups excluding carboxylic acids is 1. The van der Waals surface area contributed by atoms with Gasteiger partial charge in [-0.3, -0.25) is 9.69 Å². The second-order valence-electron chi connectivity index (χ2n) is 7.68. The van der Waals surface area contributed by atoms with Crippen LogP contribution in [0, 0.1) is 12.8 Å². The van der Waals surface area contributed by atoms with Crippen molar-refractivity contribution in [2.75, 3.05) is 19.6 Å². The van der Waals surface area contributed by atoms with Gasteiger partial charge in [0, 0.05) is 47.7 Å². The topological polar surface area (TPSA) is 58.1 Å². The predicted molar refractivity (Wildman–Crippen MR) is 109 cm³/mol. The van der Waals surface area contributed by atoms with E-state index in [0.29, 0.717) is 17.9 Å². The fourth-order valence-corrected chi connectivity index (χ4v) is 5.02. The number of amides is 1. The molecule has 1 aromatic carbocycles. The molecule has 0 aliphatic carbocycles. The molecule has 4 heterocycles. The van der Waals surface area contributed by atoms with Crippen LogP contribution >= 0.6 is 15.9 Å². The van der Waals surface area contributed by atoms with Crippen molar-refractivity contribution >= 4 is 21.8 Å². The quantitative estimate of drug-likeness (QED) is 0.808. The molecule has 2 aromatic rings. The standard InChI is InChI=1S/C21H25BrN4O/c1-13-24-20(17-5-3-4-6-19(17)22)10-21(25-13)18-12-26-8-7-15(18)9-16(26)11-23-14(2)27/h3-6,10,15-16,18H,7-9,11-12H2,1-2H3,(H,23,27)/t15-,16+,18-/m0/s1. The first kappa shape index (κ1) is 18.6. The van der Waals surface area contributed by atoms with Crippen molar-refractivity contribution in [2.24, 2.45) is 5.92 Å². The van der Waals surface area contributed by atoms with E-state index < -0.39 is 0 Å². The van der Waals surface area contributed by atoms with Gasteiger partial charge in [0.1, 0.15) is 5.82 Å². The Kier molecular flexibility index (Phi) is 5.28. The minimum atomic E-state index is 0.0544. The van der Waals surface area contributed by atoms with Crippen molar-refractivity contribution in [1.29, 1.82) is 0 Å². The molecule has 3 aliphatic heterocycles. The van der Waals surface area contributed by atoms with Crippen molar-refractivity contribution < 1.29 is 4.79 Å². The smallest absolute Gasteiger partial charge is 0.216 e. The van der Waals surface area contributed by atoms with Crippen molar-refractivity contribution in [2.45, 2.75) is 38.6 Å². The summed E-state index contributed by atoms with van der Waals surface area (Å²) in [7, 11) is 0. The van der Waals surface area contributed by atoms with Crippen LogP contribution in [0.4, 0.5) is 0 Å². The van der Waals surface area contributed by atoms with Crippen molar-refractivity contribution in [3.8, 4) is 11.3 Å². The fourth-order valence-electron chi connectivity index (χ4n) is 4.53. The van der Waals surface area contributed by atoms with Gasteiger partial charge in [0.2, 0.25) is 5.91 Å². The zero-order valence-electron chi connectivity index (χ0n) is 15.8. The Morgan fingerprint density at radius 2 is 2.15 bits per heavy atom. The maximum Gasteiger partial charge on any atom is 0.216 e. The van der Waals surface area contributed by atoms with E-state index in [4.69, 9.17) is 4.98 Å². The summed E-state index contributed by atoms with van der Waals surface area (Å²) in [5, 5.41) is 2.99. The molecular weight excluding hydrogens is 404 g/mol. The van der Waals surface area contributed by atoms with Crippen LogP contribution in [0.3, 0.4) is 0 Å². The van der Waals surface area contributed by atoms with Gasteiger partial charge in [-0.15, -0.1) is 0 Å². The lowest BCUT2D eigenvalue weighted by Gasteiger charge is -2.49. The van der Waals surface area contributed by atoms with Crippen LogP contribution < -0.4 is 5.32 Å². The lowest BCUT2D eigenvalue weighted by atomic mass is 9.74. The maximum absolute atomic E-state index is 11.3. The van der Waals surface area contributed by atoms with Gasteiger partial charge >= 0.3 is 0 Å². The van der Waals surface area contributed by atoms with Gasteiger partial charge in [-0.05, 0) is 44.4 Å². The molecule has 1 aromatic heterocycles. The molecule has 0 spiro atoms. The number of rotatable bonds is 4. The summed E-state index contributed by atoms with van der Waals surface area (Å²) in [6.07, 6.45) is 2.33. The number of aromatic nitrogens is 2. The lowest BCUT2D eigenvalue weighted by molar-refractivity contribution is -0.119. The third-order valence-electron chi connectivity index (χ3n) is 5.85. The number of hydrogen-bond donors (Lipinski definition) is 1. The number of halogens is 1. The molecule has 4 atom stereocenters. The molecule has 0 saturated carbocycles. The minimum absolute atomic E-state index is 0.0544. The van der Waals surface area contributed by atoms with Gasteiger partial charge in [0.05, 0.1) is 5.69 Å². The van der Waals surface area contributed by atoms with E-state index in [1.807, 2.05) is 25.1 Å². The Bertz CT molecular complexity index is 856. The highest BCUT2D eigenvalue weighted by atomic mass is 79.9. The summed E-state index contributed by atoms with van der Waals surface area (Å²) in [4.78, 5) is 23.3. The summed E-state index contributed by atoms with van der Waals surface area (Å²) in [5.41, 5.74) is 3.24. The Hall–Kier alpha value is -1.79. The number of nitrogens with zero attached hydrogens (tertiary/aromatic N) is 3. The normalized spacial score (nSPS) is 26.8. The number of benzene rings is 1. The van der Waals surface area contributed by atoms with Crippen LogP contribution in [0.5, 0.6) is 0 Å². The molecule has 1 unspecified atom stereocenters. The predicted octanol–water partition coefficient (Wildman–Crippen LogP) is 3.53. The van der Waals surface area contributed by atoms with Crippen LogP contribution in [0.1, 0.15) is 37.2 Å². The molecule has 5 rings (SSSR count). The molecule has 27 heavy (non-hydrogen) atoms. The first-order chi connectivity index (χ1) is 13.0. The molecule has 142 valence electrons. The second kappa shape index (κ2) is 7.68. The number of nitrogens with one attached hydrogen (secondary N) is 1. The fraction of sp³-hybridized carbons (Fsp3) is 0.476. The highest BCUT2D eigenvalue weighted by Crippen LogP contribution is 2.42. The van der Waals surface area contributed by atoms with Crippen LogP contribution in [0.2, 0.25) is 0 Å². The molecule has 6 heteroatoms. The molecule has 3 aliphatic rings. The number of hydrogen-bond acceptors (Lipinski definition) is 4. The summed E-state index contributed by atoms with van der Waals surface area (Å²) >= 11 is 3.64. The molecule has 5 nitrogen and oxygen atoms in total. The summed E-state index contributed by atoms with van der Waals surface area (Å²) in [6, 6.07) is 10.8. The monoisotopic (exact) mass is 428 g/mol.